The second kappa shape index (κ2) is 3.95. The summed E-state index contributed by atoms with van der Waals surface area (Å²) >= 11 is 0. The molecule has 0 amide bonds. The van der Waals surface area contributed by atoms with Gasteiger partial charge in [0.25, 0.3) is 0 Å². The molecule has 1 aliphatic rings. The van der Waals surface area contributed by atoms with Crippen molar-refractivity contribution in [1.82, 2.24) is 4.90 Å². The molecule has 1 unspecified atom stereocenters. The number of aliphatic hydroxyl groups is 1. The van der Waals surface area contributed by atoms with E-state index in [1.165, 1.54) is 0 Å². The highest BCUT2D eigenvalue weighted by atomic mass is 16.5. The first-order valence-electron chi connectivity index (χ1n) is 4.86. The molecule has 0 aromatic carbocycles. The van der Waals surface area contributed by atoms with Crippen molar-refractivity contribution >= 4 is 0 Å². The molecule has 78 valence electrons. The number of hydrogen-bond donors (Lipinski definition) is 1. The van der Waals surface area contributed by atoms with Crippen molar-refractivity contribution in [2.75, 3.05) is 26.8 Å². The SMILES string of the molecule is CN(CC(C)(C)C)C1COC[C@H]1O. The Hall–Kier alpha value is -0.120. The number of nitrogens with zero attached hydrogens (tertiary/aromatic N) is 1. The monoisotopic (exact) mass is 187 g/mol. The maximum atomic E-state index is 9.59. The van der Waals surface area contributed by atoms with Gasteiger partial charge in [-0.2, -0.15) is 0 Å². The van der Waals surface area contributed by atoms with Gasteiger partial charge in [0.1, 0.15) is 0 Å². The fraction of sp³-hybridized carbons (Fsp3) is 1.00. The average molecular weight is 187 g/mol. The van der Waals surface area contributed by atoms with Crippen LogP contribution >= 0.6 is 0 Å². The lowest BCUT2D eigenvalue weighted by atomic mass is 9.95. The molecule has 1 saturated heterocycles. The third-order valence-corrected chi connectivity index (χ3v) is 2.31. The van der Waals surface area contributed by atoms with Crippen LogP contribution in [0.5, 0.6) is 0 Å². The van der Waals surface area contributed by atoms with Crippen LogP contribution in [0.1, 0.15) is 20.8 Å². The Labute approximate surface area is 80.7 Å². The first-order chi connectivity index (χ1) is 5.90. The first kappa shape index (κ1) is 11.0. The minimum Gasteiger partial charge on any atom is -0.389 e. The Bertz CT molecular complexity index is 165. The fourth-order valence-electron chi connectivity index (χ4n) is 1.82. The molecule has 1 fully saturated rings. The van der Waals surface area contributed by atoms with Crippen LogP contribution in [0, 0.1) is 5.41 Å². The molecule has 1 rings (SSSR count). The summed E-state index contributed by atoms with van der Waals surface area (Å²) in [7, 11) is 2.05. The Morgan fingerprint density at radius 3 is 2.38 bits per heavy atom. The molecule has 0 bridgehead atoms. The normalized spacial score (nSPS) is 30.0. The van der Waals surface area contributed by atoms with E-state index in [-0.39, 0.29) is 17.6 Å². The highest BCUT2D eigenvalue weighted by molar-refractivity contribution is 4.83. The van der Waals surface area contributed by atoms with E-state index >= 15 is 0 Å². The van der Waals surface area contributed by atoms with Gasteiger partial charge in [-0.1, -0.05) is 20.8 Å². The van der Waals surface area contributed by atoms with E-state index in [1.807, 2.05) is 7.05 Å². The summed E-state index contributed by atoms with van der Waals surface area (Å²) in [6.45, 7) is 8.73. The summed E-state index contributed by atoms with van der Waals surface area (Å²) in [5, 5.41) is 9.59. The highest BCUT2D eigenvalue weighted by Gasteiger charge is 2.31. The van der Waals surface area contributed by atoms with E-state index in [2.05, 4.69) is 25.7 Å². The number of ether oxygens (including phenoxy) is 1. The largest absolute Gasteiger partial charge is 0.389 e. The van der Waals surface area contributed by atoms with Crippen LogP contribution in [-0.2, 0) is 4.74 Å². The predicted octanol–water partition coefficient (Wildman–Crippen LogP) is 0.724. The lowest BCUT2D eigenvalue weighted by molar-refractivity contribution is 0.0787. The summed E-state index contributed by atoms with van der Waals surface area (Å²) in [5.41, 5.74) is 0.275. The van der Waals surface area contributed by atoms with Crippen molar-refractivity contribution in [3.8, 4) is 0 Å². The second-order valence-electron chi connectivity index (χ2n) is 5.15. The zero-order valence-corrected chi connectivity index (χ0v) is 9.08. The molecule has 1 N–H and O–H groups in total. The molecule has 13 heavy (non-hydrogen) atoms. The molecule has 1 aliphatic heterocycles. The van der Waals surface area contributed by atoms with Gasteiger partial charge in [0.15, 0.2) is 0 Å². The van der Waals surface area contributed by atoms with Crippen LogP contribution in [-0.4, -0.2) is 49.0 Å². The van der Waals surface area contributed by atoms with Gasteiger partial charge in [0, 0.05) is 6.54 Å². The van der Waals surface area contributed by atoms with E-state index in [4.69, 9.17) is 4.74 Å². The number of hydrogen-bond acceptors (Lipinski definition) is 3. The third-order valence-electron chi connectivity index (χ3n) is 2.31. The van der Waals surface area contributed by atoms with Crippen LogP contribution in [0.25, 0.3) is 0 Å². The Kier molecular flexibility index (Phi) is 3.33. The van der Waals surface area contributed by atoms with Crippen LogP contribution in [0.2, 0.25) is 0 Å². The summed E-state index contributed by atoms with van der Waals surface area (Å²) in [5.74, 6) is 0. The van der Waals surface area contributed by atoms with Crippen molar-refractivity contribution < 1.29 is 9.84 Å². The van der Waals surface area contributed by atoms with E-state index < -0.39 is 0 Å². The minimum atomic E-state index is -0.313. The molecule has 0 aromatic rings. The van der Waals surface area contributed by atoms with E-state index in [9.17, 15) is 5.11 Å². The Morgan fingerprint density at radius 1 is 1.38 bits per heavy atom. The smallest absolute Gasteiger partial charge is 0.0950 e. The molecule has 0 aromatic heterocycles. The van der Waals surface area contributed by atoms with E-state index in [1.54, 1.807) is 0 Å². The van der Waals surface area contributed by atoms with Crippen LogP contribution < -0.4 is 0 Å². The third kappa shape index (κ3) is 3.25. The molecule has 0 aliphatic carbocycles. The fourth-order valence-corrected chi connectivity index (χ4v) is 1.82. The van der Waals surface area contributed by atoms with Gasteiger partial charge in [-0.05, 0) is 12.5 Å². The van der Waals surface area contributed by atoms with Gasteiger partial charge in [0.2, 0.25) is 0 Å². The van der Waals surface area contributed by atoms with Gasteiger partial charge in [-0.15, -0.1) is 0 Å². The maximum absolute atomic E-state index is 9.59. The Morgan fingerprint density at radius 2 is 2.00 bits per heavy atom. The maximum Gasteiger partial charge on any atom is 0.0950 e. The predicted molar refractivity (Wildman–Crippen MR) is 52.7 cm³/mol. The lowest BCUT2D eigenvalue weighted by Crippen LogP contribution is -2.44. The van der Waals surface area contributed by atoms with Gasteiger partial charge < -0.3 is 9.84 Å². The minimum absolute atomic E-state index is 0.180. The van der Waals surface area contributed by atoms with E-state index in [0.29, 0.717) is 13.2 Å². The van der Waals surface area contributed by atoms with Gasteiger partial charge in [0.05, 0.1) is 25.4 Å². The van der Waals surface area contributed by atoms with Crippen molar-refractivity contribution in [1.29, 1.82) is 0 Å². The summed E-state index contributed by atoms with van der Waals surface area (Å²) in [6.07, 6.45) is -0.313. The Balaban J connectivity index is 2.43. The summed E-state index contributed by atoms with van der Waals surface area (Å²) < 4.78 is 5.21. The molecule has 0 saturated carbocycles. The molecule has 0 spiro atoms. The zero-order chi connectivity index (χ0) is 10.1. The van der Waals surface area contributed by atoms with E-state index in [0.717, 1.165) is 6.54 Å². The average Bonchev–Trinajstić information content (AvgIpc) is 2.30. The molecule has 1 heterocycles. The molecule has 3 nitrogen and oxygen atoms in total. The van der Waals surface area contributed by atoms with Crippen LogP contribution in [0.15, 0.2) is 0 Å². The molecule has 3 heteroatoms. The van der Waals surface area contributed by atoms with Gasteiger partial charge in [-0.3, -0.25) is 4.90 Å². The number of aliphatic hydroxyl groups excluding tert-OH is 1. The van der Waals surface area contributed by atoms with Crippen molar-refractivity contribution in [3.05, 3.63) is 0 Å². The lowest BCUT2D eigenvalue weighted by Gasteiger charge is -2.31. The number of likely N-dealkylation sites (N-methyl/N-ethyl adjacent to an activating group) is 1. The number of rotatable bonds is 2. The quantitative estimate of drug-likeness (QED) is 0.691. The van der Waals surface area contributed by atoms with Crippen molar-refractivity contribution in [3.63, 3.8) is 0 Å². The zero-order valence-electron chi connectivity index (χ0n) is 9.08. The molecule has 2 atom stereocenters. The van der Waals surface area contributed by atoms with Crippen LogP contribution in [0.4, 0.5) is 0 Å². The summed E-state index contributed by atoms with van der Waals surface area (Å²) in [6, 6.07) is 0.180. The first-order valence-corrected chi connectivity index (χ1v) is 4.86. The van der Waals surface area contributed by atoms with Crippen molar-refractivity contribution in [2.24, 2.45) is 5.41 Å². The van der Waals surface area contributed by atoms with Crippen molar-refractivity contribution in [2.45, 2.75) is 32.9 Å². The molecular formula is C10H21NO2. The highest BCUT2D eigenvalue weighted by Crippen LogP contribution is 2.19. The van der Waals surface area contributed by atoms with Crippen LogP contribution in [0.3, 0.4) is 0 Å². The summed E-state index contributed by atoms with van der Waals surface area (Å²) in [4.78, 5) is 2.19. The molecular weight excluding hydrogens is 166 g/mol. The second-order valence-corrected chi connectivity index (χ2v) is 5.15. The standard InChI is InChI=1S/C10H21NO2/c1-10(2,3)7-11(4)8-5-13-6-9(8)12/h8-9,12H,5-7H2,1-4H3/t8?,9-/m1/s1. The van der Waals surface area contributed by atoms with Gasteiger partial charge >= 0.3 is 0 Å². The van der Waals surface area contributed by atoms with Gasteiger partial charge in [-0.25, -0.2) is 0 Å². The topological polar surface area (TPSA) is 32.7 Å². The molecule has 0 radical (unpaired) electrons.